The molecule has 1 atom stereocenters. The molecule has 200 valence electrons. The van der Waals surface area contributed by atoms with E-state index < -0.39 is 17.9 Å². The Morgan fingerprint density at radius 3 is 2.69 bits per heavy atom. The number of carbonyl (C=O) groups excluding carboxylic acids is 2. The van der Waals surface area contributed by atoms with Crippen LogP contribution in [-0.4, -0.2) is 46.6 Å². The highest BCUT2D eigenvalue weighted by Gasteiger charge is 2.23. The summed E-state index contributed by atoms with van der Waals surface area (Å²) >= 11 is 1.58. The number of nitrogens with zero attached hydrogens (tertiary/aromatic N) is 3. The van der Waals surface area contributed by atoms with E-state index in [1.54, 1.807) is 42.4 Å². The number of ether oxygens (including phenoxy) is 1. The number of thioether (sulfide) groups is 1. The molecular formula is C29H29N5O4S. The number of methoxy groups -OCH3 is 1. The van der Waals surface area contributed by atoms with Crippen LogP contribution in [0.4, 0.5) is 5.69 Å². The largest absolute Gasteiger partial charge is 0.467 e. The van der Waals surface area contributed by atoms with Crippen molar-refractivity contribution in [3.05, 3.63) is 95.8 Å². The number of esters is 1. The first kappa shape index (κ1) is 27.5. The fraction of sp³-hybridized carbons (Fsp3) is 0.241. The van der Waals surface area contributed by atoms with E-state index >= 15 is 0 Å². The van der Waals surface area contributed by atoms with Gasteiger partial charge in [-0.15, -0.1) is 0 Å². The lowest BCUT2D eigenvalue weighted by Gasteiger charge is -2.15. The van der Waals surface area contributed by atoms with E-state index in [1.807, 2.05) is 53.4 Å². The lowest BCUT2D eigenvalue weighted by atomic mass is 10.1. The van der Waals surface area contributed by atoms with Gasteiger partial charge >= 0.3 is 5.97 Å². The number of rotatable bonds is 12. The first-order valence-electron chi connectivity index (χ1n) is 12.3. The number of furan rings is 1. The highest BCUT2D eigenvalue weighted by Crippen LogP contribution is 2.30. The summed E-state index contributed by atoms with van der Waals surface area (Å²) in [5, 5.41) is 15.2. The lowest BCUT2D eigenvalue weighted by molar-refractivity contribution is -0.142. The molecule has 1 unspecified atom stereocenters. The van der Waals surface area contributed by atoms with E-state index in [9.17, 15) is 9.59 Å². The fourth-order valence-corrected chi connectivity index (χ4v) is 4.49. The maximum atomic E-state index is 12.8. The van der Waals surface area contributed by atoms with Crippen LogP contribution in [0.5, 0.6) is 0 Å². The summed E-state index contributed by atoms with van der Waals surface area (Å²) in [6.07, 6.45) is 5.98. The van der Waals surface area contributed by atoms with Crippen molar-refractivity contribution in [1.29, 1.82) is 5.26 Å². The number of anilines is 1. The van der Waals surface area contributed by atoms with Gasteiger partial charge in [-0.2, -0.15) is 17.0 Å². The molecule has 0 fully saturated rings. The van der Waals surface area contributed by atoms with Crippen LogP contribution in [0.2, 0.25) is 0 Å². The molecule has 0 aliphatic rings. The van der Waals surface area contributed by atoms with Crippen molar-refractivity contribution in [2.45, 2.75) is 25.6 Å². The van der Waals surface area contributed by atoms with Gasteiger partial charge in [0.25, 0.3) is 5.91 Å². The van der Waals surface area contributed by atoms with Crippen molar-refractivity contribution in [2.24, 2.45) is 0 Å². The number of imidazole rings is 1. The van der Waals surface area contributed by atoms with E-state index in [4.69, 9.17) is 14.4 Å². The maximum absolute atomic E-state index is 12.8. The molecule has 0 saturated heterocycles. The number of amides is 1. The van der Waals surface area contributed by atoms with Gasteiger partial charge in [0.2, 0.25) is 0 Å². The number of hydrogen-bond acceptors (Lipinski definition) is 8. The second-order valence-electron chi connectivity index (χ2n) is 8.72. The van der Waals surface area contributed by atoms with Gasteiger partial charge in [-0.05, 0) is 60.4 Å². The molecule has 2 aromatic heterocycles. The average Bonchev–Trinajstić information content (AvgIpc) is 3.64. The van der Waals surface area contributed by atoms with Crippen LogP contribution >= 0.6 is 11.8 Å². The predicted molar refractivity (Wildman–Crippen MR) is 150 cm³/mol. The van der Waals surface area contributed by atoms with E-state index in [0.29, 0.717) is 36.6 Å². The second kappa shape index (κ2) is 13.3. The van der Waals surface area contributed by atoms with Crippen molar-refractivity contribution in [3.8, 4) is 17.4 Å². The Labute approximate surface area is 231 Å². The van der Waals surface area contributed by atoms with Crippen LogP contribution in [-0.2, 0) is 22.6 Å². The Balaban J connectivity index is 1.44. The molecule has 0 aliphatic carbocycles. The normalized spacial score (nSPS) is 11.4. The summed E-state index contributed by atoms with van der Waals surface area (Å²) < 4.78 is 12.8. The summed E-state index contributed by atoms with van der Waals surface area (Å²) in [5.74, 6) is 0.368. The molecule has 0 radical (unpaired) electrons. The Bertz CT molecular complexity index is 1450. The first-order chi connectivity index (χ1) is 19.0. The Morgan fingerprint density at radius 2 is 1.95 bits per heavy atom. The summed E-state index contributed by atoms with van der Waals surface area (Å²) in [7, 11) is 1.30. The Kier molecular flexibility index (Phi) is 9.43. The number of nitriles is 1. The number of para-hydroxylation sites is 1. The van der Waals surface area contributed by atoms with E-state index in [1.165, 1.54) is 7.11 Å². The average molecular weight is 544 g/mol. The zero-order chi connectivity index (χ0) is 27.6. The molecule has 0 spiro atoms. The quantitative estimate of drug-likeness (QED) is 0.247. The topological polar surface area (TPSA) is 122 Å². The summed E-state index contributed by atoms with van der Waals surface area (Å²) in [5.41, 5.74) is 4.30. The van der Waals surface area contributed by atoms with Crippen LogP contribution in [0.25, 0.3) is 11.3 Å². The van der Waals surface area contributed by atoms with Crippen molar-refractivity contribution < 1.29 is 18.7 Å². The number of nitrogens with one attached hydrogen (secondary N) is 2. The van der Waals surface area contributed by atoms with Gasteiger partial charge < -0.3 is 24.4 Å². The lowest BCUT2D eigenvalue weighted by Crippen LogP contribution is -2.41. The van der Waals surface area contributed by atoms with Crippen LogP contribution in [0.3, 0.4) is 0 Å². The SMILES string of the molecule is COC(=O)C(CCSC)NC(=O)c1ccc(-c2ccccc2NCc2cncn2Cc2ccc(C#N)cc2)o1. The Morgan fingerprint density at radius 1 is 1.15 bits per heavy atom. The molecule has 2 N–H and O–H groups in total. The van der Waals surface area contributed by atoms with Crippen LogP contribution in [0, 0.1) is 11.3 Å². The standard InChI is InChI=1S/C29H29N5O4S/c1-37-29(36)25(13-14-39-2)33-28(35)27-12-11-26(38-27)23-5-3-4-6-24(23)32-17-22-16-31-19-34(22)18-21-9-7-20(15-30)8-10-21/h3-12,16,19,25,32H,13-14,17-18H2,1-2H3,(H,33,35). The van der Waals surface area contributed by atoms with Crippen LogP contribution in [0.1, 0.15) is 33.8 Å². The first-order valence-corrected chi connectivity index (χ1v) is 13.7. The zero-order valence-electron chi connectivity index (χ0n) is 21.7. The molecule has 10 heteroatoms. The van der Waals surface area contributed by atoms with Crippen molar-refractivity contribution in [3.63, 3.8) is 0 Å². The van der Waals surface area contributed by atoms with Gasteiger partial charge in [0.1, 0.15) is 11.8 Å². The summed E-state index contributed by atoms with van der Waals surface area (Å²) in [4.78, 5) is 29.2. The minimum atomic E-state index is -0.744. The van der Waals surface area contributed by atoms with E-state index in [0.717, 1.165) is 22.5 Å². The third-order valence-corrected chi connectivity index (χ3v) is 6.76. The van der Waals surface area contributed by atoms with Crippen LogP contribution in [0.15, 0.2) is 77.6 Å². The second-order valence-corrected chi connectivity index (χ2v) is 9.70. The van der Waals surface area contributed by atoms with Gasteiger partial charge in [-0.3, -0.25) is 4.79 Å². The Hall–Kier alpha value is -4.49. The fourth-order valence-electron chi connectivity index (χ4n) is 4.02. The molecule has 1 amide bonds. The molecule has 0 saturated carbocycles. The predicted octanol–water partition coefficient (Wildman–Crippen LogP) is 4.70. The van der Waals surface area contributed by atoms with E-state index in [-0.39, 0.29) is 5.76 Å². The van der Waals surface area contributed by atoms with E-state index in [2.05, 4.69) is 21.7 Å². The monoisotopic (exact) mass is 543 g/mol. The van der Waals surface area contributed by atoms with Gasteiger partial charge in [0.15, 0.2) is 5.76 Å². The smallest absolute Gasteiger partial charge is 0.328 e. The number of hydrogen-bond donors (Lipinski definition) is 2. The van der Waals surface area contributed by atoms with Gasteiger partial charge in [0.05, 0.1) is 37.3 Å². The molecule has 2 heterocycles. The molecule has 4 rings (SSSR count). The van der Waals surface area contributed by atoms with Crippen LogP contribution < -0.4 is 10.6 Å². The third-order valence-electron chi connectivity index (χ3n) is 6.12. The maximum Gasteiger partial charge on any atom is 0.328 e. The van der Waals surface area contributed by atoms with Gasteiger partial charge in [-0.1, -0.05) is 24.3 Å². The minimum Gasteiger partial charge on any atom is -0.467 e. The molecule has 9 nitrogen and oxygen atoms in total. The molecular weight excluding hydrogens is 514 g/mol. The summed E-state index contributed by atoms with van der Waals surface area (Å²) in [6.45, 7) is 1.14. The molecule has 0 bridgehead atoms. The van der Waals surface area contributed by atoms with Gasteiger partial charge in [0, 0.05) is 24.0 Å². The number of benzene rings is 2. The minimum absolute atomic E-state index is 0.110. The summed E-state index contributed by atoms with van der Waals surface area (Å²) in [6, 6.07) is 19.9. The number of aromatic nitrogens is 2. The number of carbonyl (C=O) groups is 2. The highest BCUT2D eigenvalue weighted by molar-refractivity contribution is 7.98. The molecule has 2 aromatic carbocycles. The molecule has 0 aliphatic heterocycles. The molecule has 4 aromatic rings. The van der Waals surface area contributed by atoms with Gasteiger partial charge in [-0.25, -0.2) is 9.78 Å². The van der Waals surface area contributed by atoms with Crippen molar-refractivity contribution in [1.82, 2.24) is 14.9 Å². The molecule has 39 heavy (non-hydrogen) atoms. The highest BCUT2D eigenvalue weighted by atomic mass is 32.2. The zero-order valence-corrected chi connectivity index (χ0v) is 22.5. The third kappa shape index (κ3) is 7.09. The van der Waals surface area contributed by atoms with Crippen molar-refractivity contribution >= 4 is 29.3 Å². The van der Waals surface area contributed by atoms with Crippen molar-refractivity contribution in [2.75, 3.05) is 24.4 Å².